The second kappa shape index (κ2) is 10.0. The molecule has 0 radical (unpaired) electrons. The Morgan fingerprint density at radius 2 is 1.78 bits per heavy atom. The minimum atomic E-state index is -0.371. The van der Waals surface area contributed by atoms with Gasteiger partial charge in [0.1, 0.15) is 5.75 Å². The van der Waals surface area contributed by atoms with Gasteiger partial charge in [-0.3, -0.25) is 10.1 Å². The number of nitrogens with one attached hydrogen (secondary N) is 2. The zero-order valence-electron chi connectivity index (χ0n) is 14.9. The number of carbonyl (C=O) groups is 2. The maximum Gasteiger partial charge on any atom is 0.338 e. The van der Waals surface area contributed by atoms with Crippen LogP contribution in [0.2, 0.25) is 0 Å². The number of rotatable bonds is 6. The summed E-state index contributed by atoms with van der Waals surface area (Å²) in [6, 6.07) is 11.6. The second-order valence-electron chi connectivity index (χ2n) is 5.47. The number of ether oxygens (including phenoxy) is 2. The lowest BCUT2D eigenvalue weighted by atomic mass is 10.2. The number of amides is 1. The molecule has 0 fully saturated rings. The molecule has 0 aliphatic heterocycles. The minimum Gasteiger partial charge on any atom is -0.496 e. The van der Waals surface area contributed by atoms with E-state index in [1.807, 2.05) is 6.92 Å². The monoisotopic (exact) mass is 450 g/mol. The topological polar surface area (TPSA) is 76.7 Å². The summed E-state index contributed by atoms with van der Waals surface area (Å²) in [6.45, 7) is 2.32. The summed E-state index contributed by atoms with van der Waals surface area (Å²) in [4.78, 5) is 24.1. The van der Waals surface area contributed by atoms with Crippen molar-refractivity contribution in [3.63, 3.8) is 0 Å². The Morgan fingerprint density at radius 1 is 1.11 bits per heavy atom. The standard InChI is InChI=1S/C19H19BrN2O4S/c1-3-10-26-18(24)12-4-7-14(8-5-12)21-19(27)22-17(23)13-6-9-16(25-2)15(20)11-13/h4-9,11H,3,10H2,1-2H3,(H2,21,22,23,27). The van der Waals surface area contributed by atoms with E-state index in [1.165, 1.54) is 0 Å². The van der Waals surface area contributed by atoms with E-state index in [-0.39, 0.29) is 17.0 Å². The van der Waals surface area contributed by atoms with Crippen molar-refractivity contribution in [1.82, 2.24) is 5.32 Å². The van der Waals surface area contributed by atoms with E-state index in [1.54, 1.807) is 49.6 Å². The molecule has 2 aromatic carbocycles. The molecule has 2 rings (SSSR count). The highest BCUT2D eigenvalue weighted by Crippen LogP contribution is 2.25. The largest absolute Gasteiger partial charge is 0.496 e. The Bertz CT molecular complexity index is 840. The number of esters is 1. The molecule has 0 atom stereocenters. The molecule has 0 heterocycles. The molecule has 27 heavy (non-hydrogen) atoms. The Balaban J connectivity index is 1.94. The van der Waals surface area contributed by atoms with Crippen LogP contribution in [0.4, 0.5) is 5.69 Å². The highest BCUT2D eigenvalue weighted by atomic mass is 79.9. The van der Waals surface area contributed by atoms with Gasteiger partial charge in [0.05, 0.1) is 23.8 Å². The fourth-order valence-electron chi connectivity index (χ4n) is 2.11. The van der Waals surface area contributed by atoms with Crippen LogP contribution in [-0.2, 0) is 4.74 Å². The van der Waals surface area contributed by atoms with Crippen LogP contribution < -0.4 is 15.4 Å². The summed E-state index contributed by atoms with van der Waals surface area (Å²) in [6.07, 6.45) is 0.768. The van der Waals surface area contributed by atoms with Gasteiger partial charge in [-0.2, -0.15) is 0 Å². The highest BCUT2D eigenvalue weighted by Gasteiger charge is 2.11. The summed E-state index contributed by atoms with van der Waals surface area (Å²) in [5, 5.41) is 5.65. The van der Waals surface area contributed by atoms with E-state index in [2.05, 4.69) is 26.6 Å². The van der Waals surface area contributed by atoms with Crippen LogP contribution in [-0.4, -0.2) is 30.7 Å². The summed E-state index contributed by atoms with van der Waals surface area (Å²) < 4.78 is 10.9. The zero-order valence-corrected chi connectivity index (χ0v) is 17.3. The van der Waals surface area contributed by atoms with Gasteiger partial charge in [-0.05, 0) is 77.0 Å². The normalized spacial score (nSPS) is 10.0. The van der Waals surface area contributed by atoms with Crippen LogP contribution in [0.25, 0.3) is 0 Å². The Hall–Kier alpha value is -2.45. The quantitative estimate of drug-likeness (QED) is 0.508. The number of anilines is 1. The summed E-state index contributed by atoms with van der Waals surface area (Å²) in [5.41, 5.74) is 1.52. The number of methoxy groups -OCH3 is 1. The van der Waals surface area contributed by atoms with Crippen molar-refractivity contribution in [2.75, 3.05) is 19.0 Å². The predicted molar refractivity (Wildman–Crippen MR) is 111 cm³/mol. The maximum absolute atomic E-state index is 12.3. The van der Waals surface area contributed by atoms with E-state index < -0.39 is 0 Å². The third kappa shape index (κ3) is 6.04. The molecule has 1 amide bonds. The lowest BCUT2D eigenvalue weighted by Crippen LogP contribution is -2.34. The number of benzene rings is 2. The summed E-state index contributed by atoms with van der Waals surface area (Å²) in [5.74, 6) is -0.0928. The molecule has 0 saturated heterocycles. The van der Waals surface area contributed by atoms with E-state index in [0.29, 0.717) is 33.6 Å². The SMILES string of the molecule is CCCOC(=O)c1ccc(NC(=S)NC(=O)c2ccc(OC)c(Br)c2)cc1. The molecule has 0 aromatic heterocycles. The Labute approximate surface area is 171 Å². The number of carbonyl (C=O) groups excluding carboxylic acids is 2. The van der Waals surface area contributed by atoms with Crippen LogP contribution in [0, 0.1) is 0 Å². The summed E-state index contributed by atoms with van der Waals surface area (Å²) in [7, 11) is 1.55. The van der Waals surface area contributed by atoms with Gasteiger partial charge in [0.15, 0.2) is 5.11 Å². The number of halogens is 1. The van der Waals surface area contributed by atoms with Gasteiger partial charge < -0.3 is 14.8 Å². The molecular weight excluding hydrogens is 432 g/mol. The van der Waals surface area contributed by atoms with E-state index in [9.17, 15) is 9.59 Å². The first-order valence-electron chi connectivity index (χ1n) is 8.17. The minimum absolute atomic E-state index is 0.147. The van der Waals surface area contributed by atoms with Crippen LogP contribution in [0.5, 0.6) is 5.75 Å². The van der Waals surface area contributed by atoms with E-state index in [0.717, 1.165) is 6.42 Å². The molecule has 0 saturated carbocycles. The fraction of sp³-hybridized carbons (Fsp3) is 0.211. The third-order valence-corrected chi connectivity index (χ3v) is 4.28. The van der Waals surface area contributed by atoms with Crippen molar-refractivity contribution in [3.8, 4) is 5.75 Å². The Morgan fingerprint density at radius 3 is 2.37 bits per heavy atom. The molecule has 142 valence electrons. The van der Waals surface area contributed by atoms with Gasteiger partial charge >= 0.3 is 5.97 Å². The van der Waals surface area contributed by atoms with E-state index in [4.69, 9.17) is 21.7 Å². The smallest absolute Gasteiger partial charge is 0.338 e. The highest BCUT2D eigenvalue weighted by molar-refractivity contribution is 9.10. The molecule has 2 N–H and O–H groups in total. The van der Waals surface area contributed by atoms with E-state index >= 15 is 0 Å². The number of thiocarbonyl (C=S) groups is 1. The first-order valence-corrected chi connectivity index (χ1v) is 9.37. The van der Waals surface area contributed by atoms with Gasteiger partial charge in [-0.1, -0.05) is 6.92 Å². The average molecular weight is 451 g/mol. The first kappa shape index (κ1) is 20.9. The van der Waals surface area contributed by atoms with Crippen LogP contribution >= 0.6 is 28.1 Å². The van der Waals surface area contributed by atoms with Gasteiger partial charge in [-0.15, -0.1) is 0 Å². The van der Waals surface area contributed by atoms with Crippen LogP contribution in [0.3, 0.4) is 0 Å². The molecular formula is C19H19BrN2O4S. The van der Waals surface area contributed by atoms with Crippen molar-refractivity contribution in [3.05, 3.63) is 58.1 Å². The van der Waals surface area contributed by atoms with Gasteiger partial charge in [0.2, 0.25) is 0 Å². The van der Waals surface area contributed by atoms with Crippen molar-refractivity contribution < 1.29 is 19.1 Å². The molecule has 8 heteroatoms. The molecule has 0 aliphatic rings. The van der Waals surface area contributed by atoms with Crippen LogP contribution in [0.15, 0.2) is 46.9 Å². The molecule has 2 aromatic rings. The van der Waals surface area contributed by atoms with Crippen molar-refractivity contribution >= 4 is 50.8 Å². The van der Waals surface area contributed by atoms with Gasteiger partial charge in [0.25, 0.3) is 5.91 Å². The molecule has 0 unspecified atom stereocenters. The second-order valence-corrected chi connectivity index (χ2v) is 6.73. The number of hydrogen-bond acceptors (Lipinski definition) is 5. The summed E-state index contributed by atoms with van der Waals surface area (Å²) >= 11 is 8.50. The van der Waals surface area contributed by atoms with Crippen LogP contribution in [0.1, 0.15) is 34.1 Å². The predicted octanol–water partition coefficient (Wildman–Crippen LogP) is 4.15. The molecule has 0 aliphatic carbocycles. The molecule has 6 nitrogen and oxygen atoms in total. The Kier molecular flexibility index (Phi) is 7.75. The first-order chi connectivity index (χ1) is 12.9. The lowest BCUT2D eigenvalue weighted by Gasteiger charge is -2.11. The average Bonchev–Trinajstić information content (AvgIpc) is 2.66. The zero-order chi connectivity index (χ0) is 19.8. The fourth-order valence-corrected chi connectivity index (χ4v) is 2.86. The number of hydrogen-bond donors (Lipinski definition) is 2. The third-order valence-electron chi connectivity index (χ3n) is 3.46. The maximum atomic E-state index is 12.3. The van der Waals surface area contributed by atoms with Gasteiger partial charge in [-0.25, -0.2) is 4.79 Å². The van der Waals surface area contributed by atoms with Crippen molar-refractivity contribution in [2.24, 2.45) is 0 Å². The van der Waals surface area contributed by atoms with Gasteiger partial charge in [0, 0.05) is 11.3 Å². The van der Waals surface area contributed by atoms with Crippen molar-refractivity contribution in [1.29, 1.82) is 0 Å². The molecule has 0 spiro atoms. The lowest BCUT2D eigenvalue weighted by molar-refractivity contribution is 0.0505. The molecule has 0 bridgehead atoms. The van der Waals surface area contributed by atoms with Crippen molar-refractivity contribution in [2.45, 2.75) is 13.3 Å².